The summed E-state index contributed by atoms with van der Waals surface area (Å²) in [5.74, 6) is 2.04. The fourth-order valence-electron chi connectivity index (χ4n) is 2.68. The summed E-state index contributed by atoms with van der Waals surface area (Å²) >= 11 is 0. The van der Waals surface area contributed by atoms with Crippen molar-refractivity contribution in [3.05, 3.63) is 48.0 Å². The molecule has 0 saturated carbocycles. The molecule has 2 aromatic carbocycles. The third kappa shape index (κ3) is 8.10. The van der Waals surface area contributed by atoms with Crippen LogP contribution >= 0.6 is 24.0 Å². The number of halogens is 1. The Morgan fingerprint density at radius 2 is 1.70 bits per heavy atom. The van der Waals surface area contributed by atoms with E-state index in [0.29, 0.717) is 37.0 Å². The molecule has 0 aliphatic rings. The van der Waals surface area contributed by atoms with E-state index in [1.54, 1.807) is 14.2 Å². The molecule has 0 aliphatic heterocycles. The second kappa shape index (κ2) is 13.7. The summed E-state index contributed by atoms with van der Waals surface area (Å²) in [5, 5.41) is 9.41. The van der Waals surface area contributed by atoms with Crippen LogP contribution in [0.2, 0.25) is 0 Å². The summed E-state index contributed by atoms with van der Waals surface area (Å²) in [5.41, 5.74) is 2.72. The average Bonchev–Trinajstić information content (AvgIpc) is 2.73. The summed E-state index contributed by atoms with van der Waals surface area (Å²) in [4.78, 5) is 15.9. The lowest BCUT2D eigenvalue weighted by atomic mass is 10.2. The predicted molar refractivity (Wildman–Crippen MR) is 133 cm³/mol. The van der Waals surface area contributed by atoms with Crippen molar-refractivity contribution in [1.82, 2.24) is 5.32 Å². The second-order valence-electron chi connectivity index (χ2n) is 6.34. The van der Waals surface area contributed by atoms with Gasteiger partial charge in [-0.15, -0.1) is 24.0 Å². The van der Waals surface area contributed by atoms with Gasteiger partial charge in [0.05, 0.1) is 13.7 Å². The molecule has 2 aromatic rings. The quantitative estimate of drug-likeness (QED) is 0.252. The Morgan fingerprint density at radius 3 is 2.30 bits per heavy atom. The standard InChI is InChI=1S/C22H30N4O3.HI/c1-5-7-21(27)25-17-10-8-16(9-11-17)15-24-22(23-3)26-18-12-13-19(28-4)20(14-18)29-6-2;/h8-14H,5-7,15H2,1-4H3,(H,25,27)(H2,23,24,26);1H. The van der Waals surface area contributed by atoms with Crippen LogP contribution in [0, 0.1) is 0 Å². The number of methoxy groups -OCH3 is 1. The minimum atomic E-state index is 0. The maximum absolute atomic E-state index is 11.7. The Balaban J connectivity index is 0.00000450. The number of anilines is 2. The van der Waals surface area contributed by atoms with Crippen molar-refractivity contribution < 1.29 is 14.3 Å². The summed E-state index contributed by atoms with van der Waals surface area (Å²) < 4.78 is 10.9. The van der Waals surface area contributed by atoms with Gasteiger partial charge in [-0.25, -0.2) is 0 Å². The van der Waals surface area contributed by atoms with Gasteiger partial charge in [-0.05, 0) is 43.2 Å². The molecular formula is C22H31IN4O3. The lowest BCUT2D eigenvalue weighted by molar-refractivity contribution is -0.116. The highest BCUT2D eigenvalue weighted by atomic mass is 127. The Labute approximate surface area is 195 Å². The zero-order valence-corrected chi connectivity index (χ0v) is 20.3. The number of ether oxygens (including phenoxy) is 2. The van der Waals surface area contributed by atoms with Crippen LogP contribution in [0.25, 0.3) is 0 Å². The highest BCUT2D eigenvalue weighted by molar-refractivity contribution is 14.0. The van der Waals surface area contributed by atoms with E-state index in [4.69, 9.17) is 9.47 Å². The zero-order valence-electron chi connectivity index (χ0n) is 18.0. The molecule has 1 amide bonds. The third-order valence-corrected chi connectivity index (χ3v) is 4.12. The molecule has 0 aliphatic carbocycles. The SMILES string of the molecule is CCCC(=O)Nc1ccc(CNC(=NC)Nc2ccc(OC)c(OCC)c2)cc1.I. The number of rotatable bonds is 9. The minimum Gasteiger partial charge on any atom is -0.493 e. The van der Waals surface area contributed by atoms with Crippen LogP contribution in [0.5, 0.6) is 11.5 Å². The number of nitrogens with one attached hydrogen (secondary N) is 3. The smallest absolute Gasteiger partial charge is 0.224 e. The van der Waals surface area contributed by atoms with E-state index in [0.717, 1.165) is 23.4 Å². The maximum atomic E-state index is 11.7. The van der Waals surface area contributed by atoms with Crippen LogP contribution in [-0.2, 0) is 11.3 Å². The lowest BCUT2D eigenvalue weighted by Gasteiger charge is -2.15. The third-order valence-electron chi connectivity index (χ3n) is 4.12. The summed E-state index contributed by atoms with van der Waals surface area (Å²) in [6.45, 7) is 5.07. The number of carbonyl (C=O) groups excluding carboxylic acids is 1. The van der Waals surface area contributed by atoms with Gasteiger partial charge in [0.1, 0.15) is 0 Å². The van der Waals surface area contributed by atoms with E-state index < -0.39 is 0 Å². The Morgan fingerprint density at radius 1 is 1.00 bits per heavy atom. The fourth-order valence-corrected chi connectivity index (χ4v) is 2.68. The van der Waals surface area contributed by atoms with Gasteiger partial charge in [0, 0.05) is 37.5 Å². The van der Waals surface area contributed by atoms with E-state index in [1.807, 2.05) is 56.3 Å². The van der Waals surface area contributed by atoms with Crippen molar-refractivity contribution in [2.24, 2.45) is 4.99 Å². The Hall–Kier alpha value is -2.49. The summed E-state index contributed by atoms with van der Waals surface area (Å²) in [6, 6.07) is 13.4. The van der Waals surface area contributed by atoms with Crippen molar-refractivity contribution in [3.63, 3.8) is 0 Å². The molecule has 164 valence electrons. The van der Waals surface area contributed by atoms with Crippen molar-refractivity contribution in [1.29, 1.82) is 0 Å². The number of hydrogen-bond acceptors (Lipinski definition) is 4. The second-order valence-corrected chi connectivity index (χ2v) is 6.34. The van der Waals surface area contributed by atoms with Gasteiger partial charge in [0.15, 0.2) is 17.5 Å². The number of amides is 1. The van der Waals surface area contributed by atoms with E-state index in [-0.39, 0.29) is 29.9 Å². The average molecular weight is 526 g/mol. The first kappa shape index (κ1) is 25.5. The first-order valence-corrected chi connectivity index (χ1v) is 9.76. The maximum Gasteiger partial charge on any atom is 0.224 e. The highest BCUT2D eigenvalue weighted by Crippen LogP contribution is 2.30. The molecule has 0 fully saturated rings. The van der Waals surface area contributed by atoms with Crippen LogP contribution in [0.1, 0.15) is 32.3 Å². The molecule has 3 N–H and O–H groups in total. The highest BCUT2D eigenvalue weighted by Gasteiger charge is 2.07. The largest absolute Gasteiger partial charge is 0.493 e. The molecule has 0 saturated heterocycles. The number of guanidine groups is 1. The lowest BCUT2D eigenvalue weighted by Crippen LogP contribution is -2.30. The molecule has 0 aromatic heterocycles. The van der Waals surface area contributed by atoms with E-state index in [2.05, 4.69) is 20.9 Å². The first-order chi connectivity index (χ1) is 14.1. The normalized spacial score (nSPS) is 10.6. The number of nitrogens with zero attached hydrogens (tertiary/aromatic N) is 1. The summed E-state index contributed by atoms with van der Waals surface area (Å²) in [7, 11) is 3.33. The number of aliphatic imine (C=N–C) groups is 1. The molecule has 0 bridgehead atoms. The van der Waals surface area contributed by atoms with Crippen LogP contribution in [0.4, 0.5) is 11.4 Å². The van der Waals surface area contributed by atoms with Crippen LogP contribution in [0.3, 0.4) is 0 Å². The van der Waals surface area contributed by atoms with Gasteiger partial charge in [0.25, 0.3) is 0 Å². The van der Waals surface area contributed by atoms with Gasteiger partial charge in [0.2, 0.25) is 5.91 Å². The molecule has 7 nitrogen and oxygen atoms in total. The topological polar surface area (TPSA) is 84.0 Å². The monoisotopic (exact) mass is 526 g/mol. The molecule has 0 radical (unpaired) electrons. The van der Waals surface area contributed by atoms with Crippen molar-refractivity contribution in [2.75, 3.05) is 31.4 Å². The predicted octanol–water partition coefficient (Wildman–Crippen LogP) is 4.64. The van der Waals surface area contributed by atoms with E-state index >= 15 is 0 Å². The van der Waals surface area contributed by atoms with Crippen LogP contribution in [0.15, 0.2) is 47.5 Å². The minimum absolute atomic E-state index is 0. The van der Waals surface area contributed by atoms with Crippen LogP contribution in [-0.4, -0.2) is 32.6 Å². The molecule has 0 atom stereocenters. The van der Waals surface area contributed by atoms with Gasteiger partial charge in [-0.2, -0.15) is 0 Å². The van der Waals surface area contributed by atoms with Gasteiger partial charge >= 0.3 is 0 Å². The number of benzene rings is 2. The fraction of sp³-hybridized carbons (Fsp3) is 0.364. The molecule has 0 unspecified atom stereocenters. The van der Waals surface area contributed by atoms with E-state index in [1.165, 1.54) is 0 Å². The van der Waals surface area contributed by atoms with E-state index in [9.17, 15) is 4.79 Å². The Bertz CT molecular complexity index is 826. The molecule has 0 heterocycles. The number of hydrogen-bond donors (Lipinski definition) is 3. The first-order valence-electron chi connectivity index (χ1n) is 9.76. The van der Waals surface area contributed by atoms with Crippen LogP contribution < -0.4 is 25.4 Å². The number of carbonyl (C=O) groups is 1. The van der Waals surface area contributed by atoms with Gasteiger partial charge in [-0.3, -0.25) is 9.79 Å². The van der Waals surface area contributed by atoms with Gasteiger partial charge < -0.3 is 25.4 Å². The van der Waals surface area contributed by atoms with Crippen molar-refractivity contribution >= 4 is 47.2 Å². The van der Waals surface area contributed by atoms with Crippen molar-refractivity contribution in [2.45, 2.75) is 33.2 Å². The molecule has 8 heteroatoms. The zero-order chi connectivity index (χ0) is 21.1. The van der Waals surface area contributed by atoms with Crippen molar-refractivity contribution in [3.8, 4) is 11.5 Å². The molecule has 2 rings (SSSR count). The summed E-state index contributed by atoms with van der Waals surface area (Å²) in [6.07, 6.45) is 1.36. The van der Waals surface area contributed by atoms with Gasteiger partial charge in [-0.1, -0.05) is 19.1 Å². The molecule has 0 spiro atoms. The Kier molecular flexibility index (Phi) is 11.7. The molecule has 30 heavy (non-hydrogen) atoms. The molecular weight excluding hydrogens is 495 g/mol.